The molecular weight excluding hydrogens is 2240 g/mol. The van der Waals surface area contributed by atoms with Gasteiger partial charge in [0.1, 0.15) is 114 Å². The van der Waals surface area contributed by atoms with Crippen LogP contribution in [0.2, 0.25) is 65.3 Å². The molecule has 0 bridgehead atoms. The summed E-state index contributed by atoms with van der Waals surface area (Å²) in [6.07, 6.45) is -4.96. The zero-order chi connectivity index (χ0) is 101. The summed E-state index contributed by atoms with van der Waals surface area (Å²) in [5, 5.41) is 6.29. The van der Waals surface area contributed by atoms with Gasteiger partial charge in [0.15, 0.2) is 0 Å². The van der Waals surface area contributed by atoms with E-state index < -0.39 is 42.7 Å². The van der Waals surface area contributed by atoms with Crippen LogP contribution < -0.4 is 56.8 Å². The molecule has 0 atom stereocenters. The van der Waals surface area contributed by atoms with E-state index in [0.29, 0.717) is 145 Å². The van der Waals surface area contributed by atoms with Gasteiger partial charge in [0.2, 0.25) is 0 Å². The lowest BCUT2D eigenvalue weighted by Crippen LogP contribution is -2.11. The number of hydrogen-bond donors (Lipinski definition) is 0. The number of benzene rings is 12. The summed E-state index contributed by atoms with van der Waals surface area (Å²) in [6.45, 7) is 13.5. The van der Waals surface area contributed by atoms with Gasteiger partial charge in [-0.05, 0) is 207 Å². The summed E-state index contributed by atoms with van der Waals surface area (Å²) in [4.78, 5) is 67.7. The molecule has 12 rings (SSSR count). The maximum Gasteiger partial charge on any atom is 0.513 e. The monoisotopic (exact) mass is 2310 g/mol. The summed E-state index contributed by atoms with van der Waals surface area (Å²) in [5.41, 5.74) is 9.35. The fraction of sp³-hybridized carbons (Fsp3) is 0.196. The van der Waals surface area contributed by atoms with Crippen LogP contribution in [0.3, 0.4) is 0 Å². The molecule has 0 fully saturated rings. The molecule has 0 saturated carbocycles. The lowest BCUT2D eigenvalue weighted by Gasteiger charge is -2.14. The van der Waals surface area contributed by atoms with E-state index in [9.17, 15) is 33.2 Å². The van der Waals surface area contributed by atoms with Gasteiger partial charge in [0.05, 0.1) is 88.9 Å². The van der Waals surface area contributed by atoms with Crippen LogP contribution in [0.1, 0.15) is 72.3 Å². The molecule has 0 aliphatic carbocycles. The van der Waals surface area contributed by atoms with Crippen LogP contribution in [0, 0.1) is 57.9 Å². The maximum atomic E-state index is 14.0. The quantitative estimate of drug-likeness (QED) is 0.0235. The van der Waals surface area contributed by atoms with Crippen molar-refractivity contribution in [3.05, 3.63) is 340 Å². The third kappa shape index (κ3) is 35.7. The van der Waals surface area contributed by atoms with Gasteiger partial charge in [-0.1, -0.05) is 221 Å². The highest BCUT2D eigenvalue weighted by Gasteiger charge is 2.23. The first-order valence-electron chi connectivity index (χ1n) is 39.4. The molecule has 0 saturated heterocycles. The standard InChI is InChI=1S/C17H16Cl2O4.C16H13BrCl2O4.C16H13Cl3O4.C16H13Cl2FO4.C16H13Cl2IO4.C16H14Cl2O4/c1-10-5-4-6-15(23-17(20)21-3)12(10)9-22-16-8-13(18)11(2)7-14(16)19;2*1-9-6-13(19)15(7-12(9)18)22-8-10-11(17)4-3-5-14(10)23-16(20)21-2;2*1-9-6-12(18)15(7-11(9)17)22-8-10-13(19)4-3-5-14(10)23-16(20)21-2;1-10-7-13(18)15(8-12(10)17)21-9-11-5-3-4-6-14(11)22-16(19)20-2/h4-8H,9H2,1-3H3;4*3-7H,8H2,1-2H3;3-8H,9H2,1-2H3. The van der Waals surface area contributed by atoms with Gasteiger partial charge in [-0.25, -0.2) is 33.2 Å². The number of carbonyl (C=O) groups is 6. The SMILES string of the molecule is COC(=O)Oc1cccc(Br)c1COc1cc(Cl)c(C)cc1Cl.COC(=O)Oc1cccc(C)c1COc1cc(Cl)c(C)cc1Cl.COC(=O)Oc1cccc(Cl)c1COc1cc(Cl)c(C)cc1Cl.COC(=O)Oc1cccc(F)c1COc1cc(Cl)c(C)cc1Cl.COC(=O)Oc1cccc(I)c1COc1cc(Cl)c(C)cc1Cl.COC(=O)Oc1ccccc1COc1cc(Cl)c(C)cc1Cl. The number of hydrogen-bond acceptors (Lipinski definition) is 24. The van der Waals surface area contributed by atoms with Gasteiger partial charge in [-0.2, -0.15) is 0 Å². The molecule has 0 amide bonds. The average molecular weight is 2320 g/mol. The molecule has 0 aromatic heterocycles. The van der Waals surface area contributed by atoms with Crippen molar-refractivity contribution in [2.45, 2.75) is 88.1 Å². The second kappa shape index (κ2) is 56.9. The summed E-state index contributed by atoms with van der Waals surface area (Å²) >= 11 is 84.9. The Hall–Kier alpha value is -10.0. The molecule has 12 aromatic carbocycles. The smallest absolute Gasteiger partial charge is 0.487 e. The van der Waals surface area contributed by atoms with Crippen LogP contribution in [0.4, 0.5) is 33.2 Å². The van der Waals surface area contributed by atoms with Crippen LogP contribution in [0.15, 0.2) is 193 Å². The number of halogens is 16. The van der Waals surface area contributed by atoms with Crippen LogP contribution in [0.5, 0.6) is 69.0 Å². The average Bonchev–Trinajstić information content (AvgIpc) is 0.837. The van der Waals surface area contributed by atoms with Gasteiger partial charge in [-0.3, -0.25) is 0 Å². The van der Waals surface area contributed by atoms with E-state index in [1.54, 1.807) is 153 Å². The van der Waals surface area contributed by atoms with Gasteiger partial charge < -0.3 is 85.3 Å². The van der Waals surface area contributed by atoms with Crippen molar-refractivity contribution >= 4 is 226 Å². The molecular formula is C97H82BrCl13FIO24. The third-order valence-electron chi connectivity index (χ3n) is 18.3. The zero-order valence-corrected chi connectivity index (χ0v) is 88.1. The molecule has 24 nitrogen and oxygen atoms in total. The highest BCUT2D eigenvalue weighted by molar-refractivity contribution is 14.1. The minimum Gasteiger partial charge on any atom is -0.487 e. The normalized spacial score (nSPS) is 10.3. The summed E-state index contributed by atoms with van der Waals surface area (Å²) in [6, 6.07) is 51.9. The first-order valence-corrected chi connectivity index (χ1v) is 46.2. The van der Waals surface area contributed by atoms with Gasteiger partial charge in [0.25, 0.3) is 0 Å². The minimum atomic E-state index is -0.951. The van der Waals surface area contributed by atoms with Crippen LogP contribution >= 0.6 is 189 Å². The predicted octanol–water partition coefficient (Wildman–Crippen LogP) is 32.6. The Morgan fingerprint density at radius 1 is 0.248 bits per heavy atom. The number of aryl methyl sites for hydroxylation is 7. The fourth-order valence-corrected chi connectivity index (χ4v) is 14.8. The van der Waals surface area contributed by atoms with Crippen LogP contribution in [-0.4, -0.2) is 79.6 Å². The Bertz CT molecular complexity index is 5550. The molecule has 0 aliphatic rings. The van der Waals surface area contributed by atoms with E-state index in [2.05, 4.69) is 66.9 Å². The summed E-state index contributed by atoms with van der Waals surface area (Å²) in [7, 11) is 7.37. The number of carbonyl (C=O) groups excluding carboxylic acids is 6. The van der Waals surface area contributed by atoms with Crippen LogP contribution in [-0.2, 0) is 68.1 Å². The van der Waals surface area contributed by atoms with E-state index in [4.69, 9.17) is 208 Å². The number of para-hydroxylation sites is 1. The second-order valence-electron chi connectivity index (χ2n) is 27.8. The highest BCUT2D eigenvalue weighted by Crippen LogP contribution is 2.41. The predicted molar refractivity (Wildman–Crippen MR) is 540 cm³/mol. The van der Waals surface area contributed by atoms with E-state index in [-0.39, 0.29) is 56.7 Å². The Morgan fingerprint density at radius 2 is 0.496 bits per heavy atom. The molecule has 0 spiro atoms. The van der Waals surface area contributed by atoms with E-state index in [0.717, 1.165) is 59.7 Å². The second-order valence-corrected chi connectivity index (χ2v) is 35.1. The first-order chi connectivity index (χ1) is 65.1. The van der Waals surface area contributed by atoms with Gasteiger partial charge in [0, 0.05) is 96.8 Å². The van der Waals surface area contributed by atoms with Gasteiger partial charge in [-0.15, -0.1) is 0 Å². The Morgan fingerprint density at radius 3 is 0.854 bits per heavy atom. The molecule has 0 aliphatic heterocycles. The Balaban J connectivity index is 0.000000224. The summed E-state index contributed by atoms with van der Waals surface area (Å²) < 4.78 is 107. The highest BCUT2D eigenvalue weighted by atomic mass is 127. The van der Waals surface area contributed by atoms with Crippen molar-refractivity contribution in [1.29, 1.82) is 0 Å². The van der Waals surface area contributed by atoms with Crippen molar-refractivity contribution in [2.75, 3.05) is 42.7 Å². The molecule has 0 unspecified atom stereocenters. The van der Waals surface area contributed by atoms with Crippen molar-refractivity contribution in [1.82, 2.24) is 0 Å². The topological polar surface area (TPSA) is 269 Å². The van der Waals surface area contributed by atoms with Crippen LogP contribution in [0.25, 0.3) is 0 Å². The largest absolute Gasteiger partial charge is 0.513 e. The summed E-state index contributed by atoms with van der Waals surface area (Å²) in [5.74, 6) is 3.67. The molecule has 0 radical (unpaired) electrons. The lowest BCUT2D eigenvalue weighted by molar-refractivity contribution is 0.119. The maximum absolute atomic E-state index is 14.0. The number of methoxy groups -OCH3 is 6. The molecule has 0 N–H and O–H groups in total. The van der Waals surface area contributed by atoms with Gasteiger partial charge >= 0.3 is 36.9 Å². The van der Waals surface area contributed by atoms with Crippen molar-refractivity contribution in [3.63, 3.8) is 0 Å². The van der Waals surface area contributed by atoms with E-state index >= 15 is 0 Å². The molecule has 0 heterocycles. The molecule has 137 heavy (non-hydrogen) atoms. The Kier molecular flexibility index (Phi) is 47.3. The molecule has 12 aromatic rings. The first kappa shape index (κ1) is 114. The fourth-order valence-electron chi connectivity index (χ4n) is 10.9. The van der Waals surface area contributed by atoms with Crippen molar-refractivity contribution < 1.29 is 118 Å². The van der Waals surface area contributed by atoms with Crippen molar-refractivity contribution in [3.8, 4) is 69.0 Å². The zero-order valence-electron chi connectivity index (χ0n) is 74.5. The van der Waals surface area contributed by atoms with E-state index in [1.807, 2.05) is 65.8 Å². The molecule has 726 valence electrons. The minimum absolute atomic E-state index is 0.00572. The van der Waals surface area contributed by atoms with E-state index in [1.165, 1.54) is 53.7 Å². The Labute approximate surface area is 875 Å². The third-order valence-corrected chi connectivity index (χ3v) is 24.6. The number of rotatable bonds is 24. The van der Waals surface area contributed by atoms with Crippen molar-refractivity contribution in [2.24, 2.45) is 0 Å². The molecule has 40 heteroatoms. The number of ether oxygens (including phenoxy) is 18. The lowest BCUT2D eigenvalue weighted by atomic mass is 10.1.